The molecular weight excluding hydrogens is 387 g/mol. The standard InChI is InChI=1S/C19H20BrFN2O2/c1-12-11-13(20)9-10-17(12)22-18-15(7-4-8-16(18)21)19(24)23-25-14-5-2-3-6-14/h4,7-11,14,22H,2-3,5-6H2,1H3,(H,23,24). The molecule has 25 heavy (non-hydrogen) atoms. The largest absolute Gasteiger partial charge is 0.352 e. The molecule has 1 fully saturated rings. The zero-order chi connectivity index (χ0) is 17.8. The molecule has 2 aromatic carbocycles. The number of aryl methyl sites for hydroxylation is 1. The van der Waals surface area contributed by atoms with Crippen molar-refractivity contribution in [2.45, 2.75) is 38.7 Å². The number of carbonyl (C=O) groups is 1. The third-order valence-electron chi connectivity index (χ3n) is 4.33. The van der Waals surface area contributed by atoms with Crippen LogP contribution < -0.4 is 10.8 Å². The molecule has 1 amide bonds. The molecule has 0 heterocycles. The van der Waals surface area contributed by atoms with E-state index in [4.69, 9.17) is 4.84 Å². The smallest absolute Gasteiger partial charge is 0.277 e. The molecule has 2 N–H and O–H groups in total. The molecule has 0 bridgehead atoms. The molecule has 132 valence electrons. The van der Waals surface area contributed by atoms with Crippen LogP contribution in [-0.4, -0.2) is 12.0 Å². The fourth-order valence-corrected chi connectivity index (χ4v) is 3.42. The fourth-order valence-electron chi connectivity index (χ4n) is 2.94. The first-order valence-electron chi connectivity index (χ1n) is 8.32. The van der Waals surface area contributed by atoms with E-state index in [1.54, 1.807) is 6.07 Å². The van der Waals surface area contributed by atoms with Gasteiger partial charge < -0.3 is 5.32 Å². The normalized spacial score (nSPS) is 14.5. The Morgan fingerprint density at radius 3 is 2.72 bits per heavy atom. The van der Waals surface area contributed by atoms with Crippen molar-refractivity contribution in [3.05, 3.63) is 57.8 Å². The zero-order valence-electron chi connectivity index (χ0n) is 13.9. The van der Waals surface area contributed by atoms with E-state index in [-0.39, 0.29) is 17.4 Å². The van der Waals surface area contributed by atoms with Gasteiger partial charge in [-0.1, -0.05) is 34.8 Å². The van der Waals surface area contributed by atoms with Crippen LogP contribution in [0.15, 0.2) is 40.9 Å². The Balaban J connectivity index is 1.80. The molecule has 0 radical (unpaired) electrons. The van der Waals surface area contributed by atoms with Gasteiger partial charge in [-0.3, -0.25) is 9.63 Å². The Hall–Kier alpha value is -1.92. The number of halogens is 2. The highest BCUT2D eigenvalue weighted by Crippen LogP contribution is 2.28. The summed E-state index contributed by atoms with van der Waals surface area (Å²) >= 11 is 3.40. The van der Waals surface area contributed by atoms with Gasteiger partial charge in [-0.2, -0.15) is 0 Å². The fraction of sp³-hybridized carbons (Fsp3) is 0.316. The summed E-state index contributed by atoms with van der Waals surface area (Å²) in [6, 6.07) is 10.0. The summed E-state index contributed by atoms with van der Waals surface area (Å²) in [6.45, 7) is 1.91. The Kier molecular flexibility index (Phi) is 5.71. The number of rotatable bonds is 5. The minimum Gasteiger partial charge on any atom is -0.352 e. The van der Waals surface area contributed by atoms with E-state index in [9.17, 15) is 9.18 Å². The highest BCUT2D eigenvalue weighted by atomic mass is 79.9. The molecule has 3 rings (SSSR count). The number of nitrogens with one attached hydrogen (secondary N) is 2. The molecule has 1 saturated carbocycles. The second-order valence-corrected chi connectivity index (χ2v) is 7.12. The van der Waals surface area contributed by atoms with Crippen LogP contribution in [0.1, 0.15) is 41.6 Å². The Morgan fingerprint density at radius 2 is 2.00 bits per heavy atom. The number of anilines is 2. The summed E-state index contributed by atoms with van der Waals surface area (Å²) in [4.78, 5) is 17.9. The number of hydroxylamine groups is 1. The van der Waals surface area contributed by atoms with Crippen LogP contribution in [0.4, 0.5) is 15.8 Å². The average molecular weight is 407 g/mol. The average Bonchev–Trinajstić information content (AvgIpc) is 3.10. The first kappa shape index (κ1) is 17.9. The number of hydrogen-bond donors (Lipinski definition) is 2. The van der Waals surface area contributed by atoms with Gasteiger partial charge in [0, 0.05) is 10.2 Å². The molecule has 0 atom stereocenters. The van der Waals surface area contributed by atoms with Crippen molar-refractivity contribution in [3.8, 4) is 0 Å². The van der Waals surface area contributed by atoms with Gasteiger partial charge in [0.2, 0.25) is 0 Å². The van der Waals surface area contributed by atoms with Crippen molar-refractivity contribution in [1.82, 2.24) is 5.48 Å². The van der Waals surface area contributed by atoms with Crippen molar-refractivity contribution in [1.29, 1.82) is 0 Å². The van der Waals surface area contributed by atoms with Crippen molar-refractivity contribution < 1.29 is 14.0 Å². The van der Waals surface area contributed by atoms with Crippen LogP contribution in [0.2, 0.25) is 0 Å². The third-order valence-corrected chi connectivity index (χ3v) is 4.82. The van der Waals surface area contributed by atoms with Crippen LogP contribution in [0.5, 0.6) is 0 Å². The predicted molar refractivity (Wildman–Crippen MR) is 99.4 cm³/mol. The van der Waals surface area contributed by atoms with Gasteiger partial charge in [-0.05, 0) is 55.7 Å². The molecule has 2 aromatic rings. The van der Waals surface area contributed by atoms with E-state index >= 15 is 0 Å². The highest BCUT2D eigenvalue weighted by molar-refractivity contribution is 9.10. The Morgan fingerprint density at radius 1 is 1.24 bits per heavy atom. The van der Waals surface area contributed by atoms with E-state index in [0.29, 0.717) is 0 Å². The molecule has 6 heteroatoms. The third kappa shape index (κ3) is 4.38. The quantitative estimate of drug-likeness (QED) is 0.667. The van der Waals surface area contributed by atoms with Gasteiger partial charge in [0.15, 0.2) is 0 Å². The summed E-state index contributed by atoms with van der Waals surface area (Å²) in [5.74, 6) is -0.945. The first-order valence-corrected chi connectivity index (χ1v) is 9.11. The summed E-state index contributed by atoms with van der Waals surface area (Å²) in [5, 5.41) is 3.03. The minimum absolute atomic E-state index is 0.0441. The molecule has 1 aliphatic rings. The Labute approximate surface area is 154 Å². The lowest BCUT2D eigenvalue weighted by Crippen LogP contribution is -2.29. The molecule has 0 unspecified atom stereocenters. The lowest BCUT2D eigenvalue weighted by Gasteiger charge is -2.16. The molecule has 1 aliphatic carbocycles. The second kappa shape index (κ2) is 7.97. The van der Waals surface area contributed by atoms with E-state index in [2.05, 4.69) is 26.7 Å². The molecule has 0 aliphatic heterocycles. The van der Waals surface area contributed by atoms with Gasteiger partial charge in [0.05, 0.1) is 17.4 Å². The predicted octanol–water partition coefficient (Wildman–Crippen LogP) is 5.24. The van der Waals surface area contributed by atoms with Crippen molar-refractivity contribution in [2.75, 3.05) is 5.32 Å². The molecule has 0 spiro atoms. The van der Waals surface area contributed by atoms with Gasteiger partial charge in [-0.15, -0.1) is 0 Å². The monoisotopic (exact) mass is 406 g/mol. The molecule has 0 aromatic heterocycles. The highest BCUT2D eigenvalue weighted by Gasteiger charge is 2.20. The maximum atomic E-state index is 14.4. The van der Waals surface area contributed by atoms with Gasteiger partial charge in [0.1, 0.15) is 5.82 Å². The number of amides is 1. The van der Waals surface area contributed by atoms with Crippen LogP contribution in [0, 0.1) is 12.7 Å². The lowest BCUT2D eigenvalue weighted by molar-refractivity contribution is -0.0124. The molecule has 0 saturated heterocycles. The topological polar surface area (TPSA) is 50.4 Å². The minimum atomic E-state index is -0.490. The number of benzene rings is 2. The van der Waals surface area contributed by atoms with Crippen LogP contribution in [-0.2, 0) is 4.84 Å². The zero-order valence-corrected chi connectivity index (χ0v) is 15.5. The lowest BCUT2D eigenvalue weighted by atomic mass is 10.1. The molecular formula is C19H20BrFN2O2. The second-order valence-electron chi connectivity index (χ2n) is 6.20. The van der Waals surface area contributed by atoms with Crippen molar-refractivity contribution >= 4 is 33.2 Å². The van der Waals surface area contributed by atoms with Crippen molar-refractivity contribution in [2.24, 2.45) is 0 Å². The summed E-state index contributed by atoms with van der Waals surface area (Å²) < 4.78 is 15.3. The maximum absolute atomic E-state index is 14.4. The number of carbonyl (C=O) groups excluding carboxylic acids is 1. The van der Waals surface area contributed by atoms with E-state index in [1.807, 2.05) is 25.1 Å². The first-order chi connectivity index (χ1) is 12.0. The summed E-state index contributed by atoms with van der Waals surface area (Å²) in [7, 11) is 0. The van der Waals surface area contributed by atoms with E-state index < -0.39 is 11.7 Å². The van der Waals surface area contributed by atoms with E-state index in [0.717, 1.165) is 41.4 Å². The van der Waals surface area contributed by atoms with Gasteiger partial charge >= 0.3 is 0 Å². The van der Waals surface area contributed by atoms with Crippen LogP contribution in [0.3, 0.4) is 0 Å². The maximum Gasteiger partial charge on any atom is 0.277 e. The summed E-state index contributed by atoms with van der Waals surface area (Å²) in [5.41, 5.74) is 4.48. The number of hydrogen-bond acceptors (Lipinski definition) is 3. The SMILES string of the molecule is Cc1cc(Br)ccc1Nc1c(F)cccc1C(=O)NOC1CCCC1. The van der Waals surface area contributed by atoms with Crippen molar-refractivity contribution in [3.63, 3.8) is 0 Å². The van der Waals surface area contributed by atoms with Gasteiger partial charge in [-0.25, -0.2) is 9.87 Å². The van der Waals surface area contributed by atoms with Crippen LogP contribution in [0.25, 0.3) is 0 Å². The Bertz CT molecular complexity index is 776. The van der Waals surface area contributed by atoms with Gasteiger partial charge in [0.25, 0.3) is 5.91 Å². The van der Waals surface area contributed by atoms with Crippen LogP contribution >= 0.6 is 15.9 Å². The molecule has 4 nitrogen and oxygen atoms in total. The summed E-state index contributed by atoms with van der Waals surface area (Å²) in [6.07, 6.45) is 4.13. The number of para-hydroxylation sites is 1. The van der Waals surface area contributed by atoms with E-state index in [1.165, 1.54) is 12.1 Å².